The molecule has 1 fully saturated rings. The van der Waals surface area contributed by atoms with E-state index in [0.29, 0.717) is 18.9 Å². The Balaban J connectivity index is 2.22. The van der Waals surface area contributed by atoms with Gasteiger partial charge in [-0.05, 0) is 31.6 Å². The number of carbonyl (C=O) groups is 1. The molecule has 4 nitrogen and oxygen atoms in total. The average molecular weight is 256 g/mol. The molecule has 0 aromatic heterocycles. The molecule has 1 rings (SSSR count). The Hall–Kier alpha value is -0.610. The lowest BCUT2D eigenvalue weighted by Gasteiger charge is -2.30. The van der Waals surface area contributed by atoms with Crippen LogP contribution in [0.3, 0.4) is 0 Å². The topological polar surface area (TPSA) is 64.3 Å². The third-order valence-electron chi connectivity index (χ3n) is 3.82. The Kier molecular flexibility index (Phi) is 8.01. The number of rotatable bonds is 8. The van der Waals surface area contributed by atoms with Gasteiger partial charge in [-0.25, -0.2) is 0 Å². The van der Waals surface area contributed by atoms with E-state index in [1.54, 1.807) is 7.11 Å². The third-order valence-corrected chi connectivity index (χ3v) is 3.82. The molecule has 1 aliphatic carbocycles. The third kappa shape index (κ3) is 5.83. The van der Waals surface area contributed by atoms with Crippen LogP contribution in [-0.4, -0.2) is 32.2 Å². The van der Waals surface area contributed by atoms with E-state index in [9.17, 15) is 4.79 Å². The van der Waals surface area contributed by atoms with E-state index in [0.717, 1.165) is 19.4 Å². The standard InChI is InChI=1S/C14H28N2O2/c1-18-10-6-5-9-14(17)16-13(11-15)12-7-3-2-4-8-12/h12-13H,2-11,15H2,1H3,(H,16,17). The normalized spacial score (nSPS) is 18.6. The molecular formula is C14H28N2O2. The highest BCUT2D eigenvalue weighted by molar-refractivity contribution is 5.76. The second kappa shape index (κ2) is 9.34. The van der Waals surface area contributed by atoms with Gasteiger partial charge < -0.3 is 15.8 Å². The molecule has 0 aromatic rings. The van der Waals surface area contributed by atoms with Crippen LogP contribution in [0.4, 0.5) is 0 Å². The van der Waals surface area contributed by atoms with Crippen molar-refractivity contribution in [1.29, 1.82) is 0 Å². The maximum atomic E-state index is 11.8. The number of nitrogens with one attached hydrogen (secondary N) is 1. The van der Waals surface area contributed by atoms with Crippen molar-refractivity contribution in [1.82, 2.24) is 5.32 Å². The van der Waals surface area contributed by atoms with Crippen molar-refractivity contribution < 1.29 is 9.53 Å². The molecule has 0 heterocycles. The fourth-order valence-corrected chi connectivity index (χ4v) is 2.72. The Morgan fingerprint density at radius 2 is 2.06 bits per heavy atom. The lowest BCUT2D eigenvalue weighted by molar-refractivity contribution is -0.122. The van der Waals surface area contributed by atoms with E-state index in [1.165, 1.54) is 32.1 Å². The highest BCUT2D eigenvalue weighted by Gasteiger charge is 2.23. The van der Waals surface area contributed by atoms with Crippen LogP contribution in [0.2, 0.25) is 0 Å². The minimum absolute atomic E-state index is 0.145. The van der Waals surface area contributed by atoms with E-state index in [-0.39, 0.29) is 11.9 Å². The number of hydrogen-bond acceptors (Lipinski definition) is 3. The van der Waals surface area contributed by atoms with Crippen molar-refractivity contribution in [3.8, 4) is 0 Å². The van der Waals surface area contributed by atoms with Crippen LogP contribution in [0, 0.1) is 5.92 Å². The maximum absolute atomic E-state index is 11.8. The summed E-state index contributed by atoms with van der Waals surface area (Å²) in [6, 6.07) is 0.181. The molecule has 4 heteroatoms. The molecule has 0 radical (unpaired) electrons. The molecular weight excluding hydrogens is 228 g/mol. The Labute approximate surface area is 111 Å². The van der Waals surface area contributed by atoms with Gasteiger partial charge in [-0.1, -0.05) is 19.3 Å². The van der Waals surface area contributed by atoms with Crippen molar-refractivity contribution in [2.24, 2.45) is 11.7 Å². The van der Waals surface area contributed by atoms with Gasteiger partial charge >= 0.3 is 0 Å². The molecule has 0 spiro atoms. The van der Waals surface area contributed by atoms with Crippen LogP contribution in [-0.2, 0) is 9.53 Å². The summed E-state index contributed by atoms with van der Waals surface area (Å²) < 4.78 is 4.97. The van der Waals surface area contributed by atoms with Crippen molar-refractivity contribution in [3.63, 3.8) is 0 Å². The number of amides is 1. The summed E-state index contributed by atoms with van der Waals surface area (Å²) >= 11 is 0. The number of ether oxygens (including phenoxy) is 1. The van der Waals surface area contributed by atoms with E-state index in [1.807, 2.05) is 0 Å². The molecule has 3 N–H and O–H groups in total. The molecule has 1 unspecified atom stereocenters. The van der Waals surface area contributed by atoms with E-state index in [4.69, 9.17) is 10.5 Å². The highest BCUT2D eigenvalue weighted by Crippen LogP contribution is 2.26. The van der Waals surface area contributed by atoms with Gasteiger partial charge in [0.1, 0.15) is 0 Å². The molecule has 1 saturated carbocycles. The molecule has 0 aliphatic heterocycles. The zero-order chi connectivity index (χ0) is 13.2. The quantitative estimate of drug-likeness (QED) is 0.651. The van der Waals surface area contributed by atoms with Gasteiger partial charge in [0, 0.05) is 32.7 Å². The van der Waals surface area contributed by atoms with Gasteiger partial charge in [-0.2, -0.15) is 0 Å². The monoisotopic (exact) mass is 256 g/mol. The van der Waals surface area contributed by atoms with Crippen molar-refractivity contribution in [2.75, 3.05) is 20.3 Å². The van der Waals surface area contributed by atoms with Crippen LogP contribution in [0.15, 0.2) is 0 Å². The summed E-state index contributed by atoms with van der Waals surface area (Å²) in [4.78, 5) is 11.8. The van der Waals surface area contributed by atoms with Crippen LogP contribution < -0.4 is 11.1 Å². The van der Waals surface area contributed by atoms with Crippen LogP contribution in [0.5, 0.6) is 0 Å². The molecule has 1 atom stereocenters. The molecule has 1 amide bonds. The summed E-state index contributed by atoms with van der Waals surface area (Å²) in [5.74, 6) is 0.735. The first kappa shape index (κ1) is 15.4. The summed E-state index contributed by atoms with van der Waals surface area (Å²) in [5.41, 5.74) is 5.79. The second-order valence-electron chi connectivity index (χ2n) is 5.26. The minimum atomic E-state index is 0.145. The van der Waals surface area contributed by atoms with Gasteiger partial charge in [0.2, 0.25) is 5.91 Å². The molecule has 1 aliphatic rings. The molecule has 106 valence electrons. The summed E-state index contributed by atoms with van der Waals surface area (Å²) in [6.45, 7) is 1.30. The fraction of sp³-hybridized carbons (Fsp3) is 0.929. The van der Waals surface area contributed by atoms with Gasteiger partial charge in [0.25, 0.3) is 0 Å². The zero-order valence-corrected chi connectivity index (χ0v) is 11.6. The largest absolute Gasteiger partial charge is 0.385 e. The number of unbranched alkanes of at least 4 members (excludes halogenated alkanes) is 1. The SMILES string of the molecule is COCCCCC(=O)NC(CN)C1CCCCC1. The fourth-order valence-electron chi connectivity index (χ4n) is 2.72. The molecule has 0 bridgehead atoms. The number of hydrogen-bond donors (Lipinski definition) is 2. The lowest BCUT2D eigenvalue weighted by atomic mass is 9.84. The van der Waals surface area contributed by atoms with Crippen LogP contribution in [0.25, 0.3) is 0 Å². The summed E-state index contributed by atoms with van der Waals surface area (Å²) in [5, 5.41) is 3.11. The molecule has 18 heavy (non-hydrogen) atoms. The predicted octanol–water partition coefficient (Wildman–Crippen LogP) is 1.83. The smallest absolute Gasteiger partial charge is 0.220 e. The lowest BCUT2D eigenvalue weighted by Crippen LogP contribution is -2.45. The van der Waals surface area contributed by atoms with Crippen LogP contribution in [0.1, 0.15) is 51.4 Å². The van der Waals surface area contributed by atoms with Gasteiger partial charge in [-0.15, -0.1) is 0 Å². The van der Waals surface area contributed by atoms with Crippen molar-refractivity contribution >= 4 is 5.91 Å². The van der Waals surface area contributed by atoms with Gasteiger partial charge in [0.05, 0.1) is 0 Å². The van der Waals surface area contributed by atoms with Crippen molar-refractivity contribution in [2.45, 2.75) is 57.4 Å². The van der Waals surface area contributed by atoms with Crippen molar-refractivity contribution in [3.05, 3.63) is 0 Å². The summed E-state index contributed by atoms with van der Waals surface area (Å²) in [7, 11) is 1.69. The Bertz CT molecular complexity index is 228. The van der Waals surface area contributed by atoms with Gasteiger partial charge in [-0.3, -0.25) is 4.79 Å². The first-order valence-corrected chi connectivity index (χ1v) is 7.26. The average Bonchev–Trinajstić information content (AvgIpc) is 2.42. The highest BCUT2D eigenvalue weighted by atomic mass is 16.5. The minimum Gasteiger partial charge on any atom is -0.385 e. The number of methoxy groups -OCH3 is 1. The van der Waals surface area contributed by atoms with Crippen LogP contribution >= 0.6 is 0 Å². The van der Waals surface area contributed by atoms with E-state index < -0.39 is 0 Å². The Morgan fingerprint density at radius 3 is 2.67 bits per heavy atom. The van der Waals surface area contributed by atoms with Gasteiger partial charge in [0.15, 0.2) is 0 Å². The molecule has 0 aromatic carbocycles. The first-order valence-electron chi connectivity index (χ1n) is 7.26. The maximum Gasteiger partial charge on any atom is 0.220 e. The predicted molar refractivity (Wildman–Crippen MR) is 73.3 cm³/mol. The summed E-state index contributed by atoms with van der Waals surface area (Å²) in [6.07, 6.45) is 8.75. The first-order chi connectivity index (χ1) is 8.77. The van der Waals surface area contributed by atoms with E-state index >= 15 is 0 Å². The Morgan fingerprint density at radius 1 is 1.33 bits per heavy atom. The van der Waals surface area contributed by atoms with E-state index in [2.05, 4.69) is 5.32 Å². The number of nitrogens with two attached hydrogens (primary N) is 1. The molecule has 0 saturated heterocycles. The number of carbonyl (C=O) groups excluding carboxylic acids is 1. The zero-order valence-electron chi connectivity index (χ0n) is 11.6. The second-order valence-corrected chi connectivity index (χ2v) is 5.26.